The van der Waals surface area contributed by atoms with Gasteiger partial charge >= 0.3 is 5.97 Å². The molecule has 1 rings (SSSR count). The van der Waals surface area contributed by atoms with Gasteiger partial charge in [0.25, 0.3) is 0 Å². The summed E-state index contributed by atoms with van der Waals surface area (Å²) in [6.07, 6.45) is 68.2. The maximum Gasteiger partial charge on any atom is 0.306 e. The van der Waals surface area contributed by atoms with Gasteiger partial charge in [0.15, 0.2) is 6.29 Å². The van der Waals surface area contributed by atoms with Crippen LogP contribution in [0.1, 0.15) is 271 Å². The van der Waals surface area contributed by atoms with Crippen molar-refractivity contribution in [2.75, 3.05) is 26.4 Å². The predicted molar refractivity (Wildman–Crippen MR) is 311 cm³/mol. The highest BCUT2D eigenvalue weighted by Gasteiger charge is 2.44. The van der Waals surface area contributed by atoms with Crippen molar-refractivity contribution in [1.29, 1.82) is 0 Å². The molecule has 0 aromatic rings. The van der Waals surface area contributed by atoms with E-state index in [1.807, 2.05) is 0 Å². The fraction of sp³-hybridized carbons (Fsp3) is 0.800. The lowest BCUT2D eigenvalue weighted by Gasteiger charge is -2.39. The maximum absolute atomic E-state index is 12.9. The molecular formula is C65H116O9. The van der Waals surface area contributed by atoms with Crippen molar-refractivity contribution < 1.29 is 44.2 Å². The first-order valence-corrected chi connectivity index (χ1v) is 31.0. The second-order valence-electron chi connectivity index (χ2n) is 21.1. The van der Waals surface area contributed by atoms with Crippen molar-refractivity contribution in [3.8, 4) is 0 Å². The van der Waals surface area contributed by atoms with E-state index in [4.69, 9.17) is 18.9 Å². The molecule has 4 N–H and O–H groups in total. The first kappa shape index (κ1) is 69.6. The third-order valence-corrected chi connectivity index (χ3v) is 14.1. The number of allylic oxidation sites excluding steroid dienone is 12. The number of hydrogen-bond donors (Lipinski definition) is 4. The van der Waals surface area contributed by atoms with E-state index in [-0.39, 0.29) is 19.2 Å². The van der Waals surface area contributed by atoms with E-state index < -0.39 is 43.4 Å². The van der Waals surface area contributed by atoms with Gasteiger partial charge in [-0.1, -0.05) is 254 Å². The quantitative estimate of drug-likeness (QED) is 0.0267. The number of hydrogen-bond acceptors (Lipinski definition) is 9. The summed E-state index contributed by atoms with van der Waals surface area (Å²) in [6, 6.07) is 0. The highest BCUT2D eigenvalue weighted by atomic mass is 16.7. The van der Waals surface area contributed by atoms with Crippen LogP contribution in [0.15, 0.2) is 72.9 Å². The van der Waals surface area contributed by atoms with Gasteiger partial charge in [-0.25, -0.2) is 0 Å². The Hall–Kier alpha value is -2.37. The molecule has 0 radical (unpaired) electrons. The van der Waals surface area contributed by atoms with E-state index in [0.29, 0.717) is 13.0 Å². The van der Waals surface area contributed by atoms with Gasteiger partial charge in [-0.05, 0) is 83.5 Å². The van der Waals surface area contributed by atoms with E-state index in [1.54, 1.807) is 0 Å². The monoisotopic (exact) mass is 1040 g/mol. The number of ether oxygens (including phenoxy) is 4. The van der Waals surface area contributed by atoms with Crippen LogP contribution in [0.25, 0.3) is 0 Å². The van der Waals surface area contributed by atoms with Crippen LogP contribution in [0, 0.1) is 0 Å². The molecule has 6 atom stereocenters. The van der Waals surface area contributed by atoms with Gasteiger partial charge in [0.1, 0.15) is 30.5 Å². The first-order valence-electron chi connectivity index (χ1n) is 31.0. The Labute approximate surface area is 455 Å². The molecule has 0 aromatic carbocycles. The van der Waals surface area contributed by atoms with Crippen LogP contribution < -0.4 is 0 Å². The normalized spacial score (nSPS) is 19.0. The molecule has 0 aromatic heterocycles. The Balaban J connectivity index is 2.13. The van der Waals surface area contributed by atoms with Crippen LogP contribution in [0.2, 0.25) is 0 Å². The van der Waals surface area contributed by atoms with Crippen LogP contribution in [0.5, 0.6) is 0 Å². The molecule has 1 aliphatic heterocycles. The largest absolute Gasteiger partial charge is 0.457 e. The molecule has 1 fully saturated rings. The molecular weight excluding hydrogens is 925 g/mol. The first-order chi connectivity index (χ1) is 36.4. The number of esters is 1. The van der Waals surface area contributed by atoms with Gasteiger partial charge in [-0.15, -0.1) is 0 Å². The molecule has 6 unspecified atom stereocenters. The molecule has 1 heterocycles. The Bertz CT molecular complexity index is 1370. The van der Waals surface area contributed by atoms with E-state index in [2.05, 4.69) is 86.8 Å². The molecule has 9 nitrogen and oxygen atoms in total. The van der Waals surface area contributed by atoms with Crippen LogP contribution in [-0.4, -0.2) is 89.6 Å². The maximum atomic E-state index is 12.9. The van der Waals surface area contributed by atoms with Crippen molar-refractivity contribution in [1.82, 2.24) is 0 Å². The standard InChI is InChI=1S/C65H116O9/c1-3-5-7-9-11-13-15-17-19-21-23-25-27-29-31-33-35-37-39-41-43-45-47-49-51-53-55-71-57-59(58-72-65-64(70)63(69)62(68)60(56-66)74-65)73-61(67)54-52-50-48-46-44-42-40-38-36-34-32-30-28-26-24-22-20-18-16-14-12-10-8-6-4-2/h6,8,12,14,18,20-21,23-24,26,30,32,59-60,62-66,68-70H,3-5,7,9-11,13,15-17,19,22,25,27-29,31,33-58H2,1-2H3/b8-6-,14-12-,20-18-,23-21-,26-24-,32-30-. The molecule has 0 amide bonds. The lowest BCUT2D eigenvalue weighted by Crippen LogP contribution is -2.59. The summed E-state index contributed by atoms with van der Waals surface area (Å²) >= 11 is 0. The van der Waals surface area contributed by atoms with Crippen molar-refractivity contribution in [2.24, 2.45) is 0 Å². The number of carbonyl (C=O) groups excluding carboxylic acids is 1. The average Bonchev–Trinajstić information content (AvgIpc) is 3.40. The Morgan fingerprint density at radius 1 is 0.446 bits per heavy atom. The zero-order chi connectivity index (χ0) is 53.5. The summed E-state index contributed by atoms with van der Waals surface area (Å²) in [5.74, 6) is -0.318. The topological polar surface area (TPSA) is 135 Å². The molecule has 1 aliphatic rings. The van der Waals surface area contributed by atoms with Crippen molar-refractivity contribution in [2.45, 2.75) is 307 Å². The third-order valence-electron chi connectivity index (χ3n) is 14.1. The molecule has 74 heavy (non-hydrogen) atoms. The average molecular weight is 1040 g/mol. The lowest BCUT2D eigenvalue weighted by atomic mass is 9.99. The number of rotatable bonds is 54. The van der Waals surface area contributed by atoms with Gasteiger partial charge in [-0.2, -0.15) is 0 Å². The second kappa shape index (κ2) is 55.4. The van der Waals surface area contributed by atoms with Gasteiger partial charge in [-0.3, -0.25) is 4.79 Å². The number of aliphatic hydroxyl groups is 4. The van der Waals surface area contributed by atoms with E-state index in [9.17, 15) is 25.2 Å². The van der Waals surface area contributed by atoms with Crippen molar-refractivity contribution in [3.63, 3.8) is 0 Å². The van der Waals surface area contributed by atoms with Gasteiger partial charge in [0, 0.05) is 13.0 Å². The van der Waals surface area contributed by atoms with Gasteiger partial charge in [0.2, 0.25) is 0 Å². The fourth-order valence-electron chi connectivity index (χ4n) is 9.34. The fourth-order valence-corrected chi connectivity index (χ4v) is 9.34. The molecule has 9 heteroatoms. The molecule has 1 saturated heterocycles. The van der Waals surface area contributed by atoms with Crippen LogP contribution >= 0.6 is 0 Å². The summed E-state index contributed by atoms with van der Waals surface area (Å²) in [7, 11) is 0. The van der Waals surface area contributed by atoms with Crippen molar-refractivity contribution >= 4 is 5.97 Å². The predicted octanol–water partition coefficient (Wildman–Crippen LogP) is 16.7. The highest BCUT2D eigenvalue weighted by Crippen LogP contribution is 2.23. The number of unbranched alkanes of at least 4 members (excludes halogenated alkanes) is 31. The smallest absolute Gasteiger partial charge is 0.306 e. The van der Waals surface area contributed by atoms with E-state index >= 15 is 0 Å². The van der Waals surface area contributed by atoms with Crippen molar-refractivity contribution in [3.05, 3.63) is 72.9 Å². The van der Waals surface area contributed by atoms with E-state index in [0.717, 1.165) is 70.6 Å². The minimum absolute atomic E-state index is 0.117. The van der Waals surface area contributed by atoms with Crippen LogP contribution in [-0.2, 0) is 23.7 Å². The molecule has 0 aliphatic carbocycles. The van der Waals surface area contributed by atoms with Gasteiger partial charge < -0.3 is 39.4 Å². The third kappa shape index (κ3) is 44.7. The summed E-state index contributed by atoms with van der Waals surface area (Å²) in [4.78, 5) is 12.9. The minimum atomic E-state index is -1.54. The van der Waals surface area contributed by atoms with Crippen LogP contribution in [0.4, 0.5) is 0 Å². The number of carbonyl (C=O) groups is 1. The number of aliphatic hydroxyl groups excluding tert-OH is 4. The van der Waals surface area contributed by atoms with Crippen LogP contribution in [0.3, 0.4) is 0 Å². The summed E-state index contributed by atoms with van der Waals surface area (Å²) in [5.41, 5.74) is 0. The highest BCUT2D eigenvalue weighted by molar-refractivity contribution is 5.69. The zero-order valence-electron chi connectivity index (χ0n) is 47.8. The lowest BCUT2D eigenvalue weighted by molar-refractivity contribution is -0.305. The Morgan fingerprint density at radius 3 is 1.26 bits per heavy atom. The molecule has 0 bridgehead atoms. The Kier molecular flexibility index (Phi) is 52.1. The zero-order valence-corrected chi connectivity index (χ0v) is 47.8. The SMILES string of the molecule is CC/C=C\C/C=C\C/C=C\C/C=C\C/C=C\CCCCCCCCCCCC(=O)OC(COCCCCCCCCCCCCCCCC/C=C\CCCCCCCCCC)COC1OC(CO)C(O)C(O)C1O. The second-order valence-corrected chi connectivity index (χ2v) is 21.1. The summed E-state index contributed by atoms with van der Waals surface area (Å²) in [5, 5.41) is 40.4. The summed E-state index contributed by atoms with van der Waals surface area (Å²) < 4.78 is 23.0. The molecule has 430 valence electrons. The van der Waals surface area contributed by atoms with E-state index in [1.165, 1.54) is 180 Å². The summed E-state index contributed by atoms with van der Waals surface area (Å²) in [6.45, 7) is 4.47. The molecule has 0 spiro atoms. The molecule has 0 saturated carbocycles. The Morgan fingerprint density at radius 2 is 0.824 bits per heavy atom. The minimum Gasteiger partial charge on any atom is -0.457 e. The van der Waals surface area contributed by atoms with Gasteiger partial charge in [0.05, 0.1) is 19.8 Å².